The van der Waals surface area contributed by atoms with Gasteiger partial charge in [-0.3, -0.25) is 9.59 Å². The number of hydrogen-bond acceptors (Lipinski definition) is 3. The van der Waals surface area contributed by atoms with Crippen molar-refractivity contribution in [2.45, 2.75) is 65.3 Å². The molecule has 0 bridgehead atoms. The Balaban J connectivity index is 0.00000338. The predicted molar refractivity (Wildman–Crippen MR) is 109 cm³/mol. The Morgan fingerprint density at radius 2 is 1.85 bits per heavy atom. The van der Waals surface area contributed by atoms with Gasteiger partial charge in [0.25, 0.3) is 5.91 Å². The van der Waals surface area contributed by atoms with Crippen LogP contribution in [-0.4, -0.2) is 24.4 Å². The summed E-state index contributed by atoms with van der Waals surface area (Å²) in [5, 5.41) is 5.87. The lowest BCUT2D eigenvalue weighted by Crippen LogP contribution is -2.36. The first-order valence-electron chi connectivity index (χ1n) is 9.27. The minimum absolute atomic E-state index is 0. The van der Waals surface area contributed by atoms with Crippen molar-refractivity contribution in [3.8, 4) is 0 Å². The molecule has 0 radical (unpaired) electrons. The number of rotatable bonds is 6. The van der Waals surface area contributed by atoms with Crippen LogP contribution in [0.15, 0.2) is 18.2 Å². The van der Waals surface area contributed by atoms with E-state index in [0.29, 0.717) is 18.5 Å². The van der Waals surface area contributed by atoms with Crippen LogP contribution >= 0.6 is 12.4 Å². The van der Waals surface area contributed by atoms with Crippen molar-refractivity contribution in [2.24, 2.45) is 11.1 Å². The summed E-state index contributed by atoms with van der Waals surface area (Å²) in [4.78, 5) is 24.6. The summed E-state index contributed by atoms with van der Waals surface area (Å²) in [6, 6.07) is 5.46. The third-order valence-electron chi connectivity index (χ3n) is 5.07. The van der Waals surface area contributed by atoms with Gasteiger partial charge < -0.3 is 16.4 Å². The molecule has 0 saturated heterocycles. The van der Waals surface area contributed by atoms with Gasteiger partial charge in [-0.15, -0.1) is 12.4 Å². The van der Waals surface area contributed by atoms with Gasteiger partial charge in [0.1, 0.15) is 0 Å². The first-order valence-corrected chi connectivity index (χ1v) is 9.27. The van der Waals surface area contributed by atoms with E-state index in [1.807, 2.05) is 26.8 Å². The van der Waals surface area contributed by atoms with Crippen molar-refractivity contribution < 1.29 is 9.59 Å². The number of carbonyl (C=O) groups excluding carboxylic acids is 2. The van der Waals surface area contributed by atoms with Crippen LogP contribution < -0.4 is 16.4 Å². The number of amides is 2. The Morgan fingerprint density at radius 3 is 2.38 bits per heavy atom. The number of carbonyl (C=O) groups is 2. The van der Waals surface area contributed by atoms with E-state index in [2.05, 4.69) is 10.6 Å². The van der Waals surface area contributed by atoms with Gasteiger partial charge in [0.05, 0.1) is 0 Å². The standard InChI is InChI=1S/C20H31N3O2.ClH/c1-14(2)22-19(25)16-7-8-17(15(3)11-16)23-18(24)12-20(13-21)9-5-4-6-10-20;/h7-8,11,14H,4-6,9-10,12-13,21H2,1-3H3,(H,22,25)(H,23,24);1H. The van der Waals surface area contributed by atoms with Crippen LogP contribution in [0.2, 0.25) is 0 Å². The maximum atomic E-state index is 12.5. The van der Waals surface area contributed by atoms with Crippen molar-refractivity contribution in [3.63, 3.8) is 0 Å². The number of hydrogen-bond donors (Lipinski definition) is 3. The van der Waals surface area contributed by atoms with Crippen molar-refractivity contribution in [2.75, 3.05) is 11.9 Å². The molecule has 0 heterocycles. The Hall–Kier alpha value is -1.59. The number of nitrogens with two attached hydrogens (primary N) is 1. The van der Waals surface area contributed by atoms with Crippen LogP contribution in [0.25, 0.3) is 0 Å². The first kappa shape index (κ1) is 22.5. The average molecular weight is 382 g/mol. The molecule has 1 aliphatic carbocycles. The molecule has 1 fully saturated rings. The quantitative estimate of drug-likeness (QED) is 0.700. The monoisotopic (exact) mass is 381 g/mol. The molecule has 1 saturated carbocycles. The van der Waals surface area contributed by atoms with E-state index < -0.39 is 0 Å². The first-order chi connectivity index (χ1) is 11.8. The van der Waals surface area contributed by atoms with E-state index in [4.69, 9.17) is 5.73 Å². The molecule has 5 nitrogen and oxygen atoms in total. The summed E-state index contributed by atoms with van der Waals surface area (Å²) >= 11 is 0. The molecule has 1 aliphatic rings. The molecule has 0 atom stereocenters. The van der Waals surface area contributed by atoms with Crippen LogP contribution in [-0.2, 0) is 4.79 Å². The fourth-order valence-corrected chi connectivity index (χ4v) is 3.58. The van der Waals surface area contributed by atoms with Gasteiger partial charge in [0.2, 0.25) is 5.91 Å². The maximum Gasteiger partial charge on any atom is 0.251 e. The Labute approximate surface area is 162 Å². The third-order valence-corrected chi connectivity index (χ3v) is 5.07. The molecule has 1 aromatic rings. The highest BCUT2D eigenvalue weighted by atomic mass is 35.5. The number of anilines is 1. The van der Waals surface area contributed by atoms with E-state index in [1.54, 1.807) is 12.1 Å². The average Bonchev–Trinajstić information content (AvgIpc) is 2.56. The Bertz CT molecular complexity index is 625. The van der Waals surface area contributed by atoms with Gasteiger partial charge in [-0.1, -0.05) is 19.3 Å². The molecule has 2 amide bonds. The van der Waals surface area contributed by atoms with Gasteiger partial charge >= 0.3 is 0 Å². The second-order valence-corrected chi connectivity index (χ2v) is 7.65. The van der Waals surface area contributed by atoms with Crippen molar-refractivity contribution in [1.82, 2.24) is 5.32 Å². The van der Waals surface area contributed by atoms with Gasteiger partial charge in [-0.25, -0.2) is 0 Å². The molecule has 1 aromatic carbocycles. The molecular formula is C20H32ClN3O2. The number of benzene rings is 1. The lowest BCUT2D eigenvalue weighted by atomic mass is 9.71. The SMILES string of the molecule is Cc1cc(C(=O)NC(C)C)ccc1NC(=O)CC1(CN)CCCCC1.Cl. The summed E-state index contributed by atoms with van der Waals surface area (Å²) in [6.07, 6.45) is 6.08. The topological polar surface area (TPSA) is 84.2 Å². The van der Waals surface area contributed by atoms with E-state index in [1.165, 1.54) is 6.42 Å². The molecule has 0 aromatic heterocycles. The van der Waals surface area contributed by atoms with Gasteiger partial charge in [-0.2, -0.15) is 0 Å². The van der Waals surface area contributed by atoms with Crippen molar-refractivity contribution in [3.05, 3.63) is 29.3 Å². The largest absolute Gasteiger partial charge is 0.350 e. The third kappa shape index (κ3) is 5.99. The fraction of sp³-hybridized carbons (Fsp3) is 0.600. The molecule has 26 heavy (non-hydrogen) atoms. The van der Waals surface area contributed by atoms with Crippen LogP contribution in [0.5, 0.6) is 0 Å². The minimum Gasteiger partial charge on any atom is -0.350 e. The van der Waals surface area contributed by atoms with E-state index >= 15 is 0 Å². The summed E-state index contributed by atoms with van der Waals surface area (Å²) in [6.45, 7) is 6.32. The second-order valence-electron chi connectivity index (χ2n) is 7.65. The number of halogens is 1. The Kier molecular flexibility index (Phi) is 8.57. The molecule has 4 N–H and O–H groups in total. The predicted octanol–water partition coefficient (Wildman–Crippen LogP) is 3.79. The van der Waals surface area contributed by atoms with Crippen molar-refractivity contribution >= 4 is 29.9 Å². The second kappa shape index (κ2) is 9.93. The number of nitrogens with one attached hydrogen (secondary N) is 2. The lowest BCUT2D eigenvalue weighted by molar-refractivity contribution is -0.118. The zero-order valence-corrected chi connectivity index (χ0v) is 16.9. The summed E-state index contributed by atoms with van der Waals surface area (Å²) in [7, 11) is 0. The molecule has 146 valence electrons. The molecule has 2 rings (SSSR count). The smallest absolute Gasteiger partial charge is 0.251 e. The zero-order valence-electron chi connectivity index (χ0n) is 16.1. The highest BCUT2D eigenvalue weighted by molar-refractivity contribution is 5.96. The van der Waals surface area contributed by atoms with E-state index in [-0.39, 0.29) is 35.7 Å². The fourth-order valence-electron chi connectivity index (χ4n) is 3.58. The van der Waals surface area contributed by atoms with Gasteiger partial charge in [-0.05, 0) is 69.3 Å². The summed E-state index contributed by atoms with van der Waals surface area (Å²) in [5.41, 5.74) is 8.18. The molecular weight excluding hydrogens is 350 g/mol. The Morgan fingerprint density at radius 1 is 1.19 bits per heavy atom. The lowest BCUT2D eigenvalue weighted by Gasteiger charge is -2.35. The van der Waals surface area contributed by atoms with Crippen LogP contribution in [0.4, 0.5) is 5.69 Å². The number of aryl methyl sites for hydroxylation is 1. The minimum atomic E-state index is -0.0970. The van der Waals surface area contributed by atoms with Crippen LogP contribution in [0.1, 0.15) is 68.3 Å². The molecule has 0 aliphatic heterocycles. The van der Waals surface area contributed by atoms with E-state index in [0.717, 1.165) is 36.9 Å². The summed E-state index contributed by atoms with van der Waals surface area (Å²) in [5.74, 6) is -0.0879. The zero-order chi connectivity index (χ0) is 18.4. The maximum absolute atomic E-state index is 12.5. The normalized spacial score (nSPS) is 15.9. The van der Waals surface area contributed by atoms with Crippen LogP contribution in [0.3, 0.4) is 0 Å². The van der Waals surface area contributed by atoms with E-state index in [9.17, 15) is 9.59 Å². The highest BCUT2D eigenvalue weighted by Crippen LogP contribution is 2.38. The van der Waals surface area contributed by atoms with Gasteiger partial charge in [0.15, 0.2) is 0 Å². The summed E-state index contributed by atoms with van der Waals surface area (Å²) < 4.78 is 0. The molecule has 6 heteroatoms. The molecule has 0 unspecified atom stereocenters. The van der Waals surface area contributed by atoms with Gasteiger partial charge in [0, 0.05) is 23.7 Å². The van der Waals surface area contributed by atoms with Crippen molar-refractivity contribution in [1.29, 1.82) is 0 Å². The highest BCUT2D eigenvalue weighted by Gasteiger charge is 2.33. The molecule has 0 spiro atoms. The van der Waals surface area contributed by atoms with Crippen LogP contribution in [0, 0.1) is 12.3 Å².